The minimum absolute atomic E-state index is 0. The highest BCUT2D eigenvalue weighted by Gasteiger charge is 2.26. The van der Waals surface area contributed by atoms with E-state index in [2.05, 4.69) is 9.84 Å². The van der Waals surface area contributed by atoms with Gasteiger partial charge in [-0.3, -0.25) is 15.4 Å². The second-order valence-corrected chi connectivity index (χ2v) is 3.54. The van der Waals surface area contributed by atoms with Gasteiger partial charge in [-0.05, 0) is 12.8 Å². The maximum Gasteiger partial charge on any atom is 0.343 e. The molecule has 0 aromatic carbocycles. The van der Waals surface area contributed by atoms with E-state index in [1.54, 1.807) is 10.9 Å². The number of aromatic nitrogens is 2. The number of anilines is 1. The summed E-state index contributed by atoms with van der Waals surface area (Å²) in [7, 11) is 1.28. The van der Waals surface area contributed by atoms with Crippen LogP contribution in [0.3, 0.4) is 0 Å². The minimum atomic E-state index is -0.495. The van der Waals surface area contributed by atoms with Crippen LogP contribution in [-0.4, -0.2) is 40.1 Å². The van der Waals surface area contributed by atoms with Gasteiger partial charge in [0.2, 0.25) is 0 Å². The molecule has 1 fully saturated rings. The van der Waals surface area contributed by atoms with Gasteiger partial charge in [0, 0.05) is 0 Å². The molecule has 0 saturated heterocycles. The van der Waals surface area contributed by atoms with Crippen LogP contribution in [0.2, 0.25) is 0 Å². The van der Waals surface area contributed by atoms with Crippen molar-refractivity contribution in [3.8, 4) is 5.88 Å². The molecule has 0 atom stereocenters. The summed E-state index contributed by atoms with van der Waals surface area (Å²) in [5.74, 6) is -0.301. The van der Waals surface area contributed by atoms with Crippen molar-refractivity contribution in [2.24, 2.45) is 0 Å². The Morgan fingerprint density at radius 3 is 2.94 bits per heavy atom. The van der Waals surface area contributed by atoms with E-state index in [4.69, 9.17) is 9.94 Å². The van der Waals surface area contributed by atoms with Gasteiger partial charge in [-0.25, -0.2) is 4.79 Å². The highest BCUT2D eigenvalue weighted by atomic mass is 16.6. The molecular weight excluding hydrogens is 230 g/mol. The molecule has 0 radical (unpaired) electrons. The summed E-state index contributed by atoms with van der Waals surface area (Å²) in [4.78, 5) is 10.9. The molecule has 0 amide bonds. The standard InChI is InChI=1S/C9H13N3O4.H2O/c1-15-8(13)5-16-9-7(11-14)4-12(10-9)6-2-3-6;/h4,6,11,14H,2-3,5H2,1H3;1H2. The van der Waals surface area contributed by atoms with Crippen molar-refractivity contribution in [3.63, 3.8) is 0 Å². The summed E-state index contributed by atoms with van der Waals surface area (Å²) in [5.41, 5.74) is 2.32. The van der Waals surface area contributed by atoms with Gasteiger partial charge in [0.25, 0.3) is 5.88 Å². The number of nitrogens with one attached hydrogen (secondary N) is 1. The Bertz CT molecular complexity index is 388. The molecule has 0 bridgehead atoms. The first-order valence-corrected chi connectivity index (χ1v) is 4.93. The molecule has 0 unspecified atom stereocenters. The zero-order valence-electron chi connectivity index (χ0n) is 9.34. The predicted molar refractivity (Wildman–Crippen MR) is 57.0 cm³/mol. The lowest BCUT2D eigenvalue weighted by molar-refractivity contribution is -0.143. The Morgan fingerprint density at radius 2 is 2.41 bits per heavy atom. The number of hydrogen-bond donors (Lipinski definition) is 2. The van der Waals surface area contributed by atoms with Crippen molar-refractivity contribution in [2.45, 2.75) is 18.9 Å². The van der Waals surface area contributed by atoms with Gasteiger partial charge in [0.05, 0.1) is 19.3 Å². The quantitative estimate of drug-likeness (QED) is 0.545. The third kappa shape index (κ3) is 3.08. The van der Waals surface area contributed by atoms with Crippen LogP contribution in [0.4, 0.5) is 5.69 Å². The second kappa shape index (κ2) is 5.51. The minimum Gasteiger partial charge on any atom is -0.466 e. The highest BCUT2D eigenvalue weighted by molar-refractivity contribution is 5.71. The number of hydrogen-bond acceptors (Lipinski definition) is 6. The van der Waals surface area contributed by atoms with Crippen LogP contribution in [0.15, 0.2) is 6.20 Å². The molecular formula is C9H15N3O5. The second-order valence-electron chi connectivity index (χ2n) is 3.54. The van der Waals surface area contributed by atoms with Crippen LogP contribution < -0.4 is 10.2 Å². The first-order chi connectivity index (χ1) is 7.74. The molecule has 4 N–H and O–H groups in total. The SMILES string of the molecule is COC(=O)COc1nn(C2CC2)cc1NO.O. The van der Waals surface area contributed by atoms with E-state index in [1.165, 1.54) is 7.11 Å². The fraction of sp³-hybridized carbons (Fsp3) is 0.556. The van der Waals surface area contributed by atoms with E-state index >= 15 is 0 Å². The highest BCUT2D eigenvalue weighted by Crippen LogP contribution is 2.36. The molecule has 1 aliphatic rings. The van der Waals surface area contributed by atoms with Gasteiger partial charge >= 0.3 is 5.97 Å². The Hall–Kier alpha value is -1.80. The van der Waals surface area contributed by atoms with E-state index in [0.717, 1.165) is 12.8 Å². The van der Waals surface area contributed by atoms with Crippen molar-refractivity contribution in [2.75, 3.05) is 19.2 Å². The lowest BCUT2D eigenvalue weighted by atomic mass is 10.5. The number of carbonyl (C=O) groups excluding carboxylic acids is 1. The van der Waals surface area contributed by atoms with Crippen LogP contribution in [0.25, 0.3) is 0 Å². The first kappa shape index (κ1) is 13.3. The average molecular weight is 245 g/mol. The molecule has 1 aromatic rings. The Morgan fingerprint density at radius 1 is 1.71 bits per heavy atom. The molecule has 1 aromatic heterocycles. The van der Waals surface area contributed by atoms with E-state index in [0.29, 0.717) is 11.7 Å². The van der Waals surface area contributed by atoms with Crippen molar-refractivity contribution in [1.29, 1.82) is 0 Å². The number of esters is 1. The fourth-order valence-corrected chi connectivity index (χ4v) is 1.27. The van der Waals surface area contributed by atoms with Gasteiger partial charge in [0.1, 0.15) is 5.69 Å². The molecule has 2 rings (SSSR count). The summed E-state index contributed by atoms with van der Waals surface area (Å²) in [6.45, 7) is -0.229. The van der Waals surface area contributed by atoms with E-state index in [-0.39, 0.29) is 18.0 Å². The molecule has 1 aliphatic carbocycles. The van der Waals surface area contributed by atoms with Crippen molar-refractivity contribution < 1.29 is 25.0 Å². The number of rotatable bonds is 5. The molecule has 0 spiro atoms. The molecule has 96 valence electrons. The third-order valence-electron chi connectivity index (χ3n) is 2.29. The molecule has 1 saturated carbocycles. The van der Waals surface area contributed by atoms with Crippen LogP contribution >= 0.6 is 0 Å². The van der Waals surface area contributed by atoms with Crippen molar-refractivity contribution in [1.82, 2.24) is 9.78 Å². The Balaban J connectivity index is 0.00000144. The monoisotopic (exact) mass is 245 g/mol. The Labute approximate surface area is 97.4 Å². The molecule has 1 heterocycles. The van der Waals surface area contributed by atoms with Gasteiger partial charge in [-0.15, -0.1) is 5.10 Å². The summed E-state index contributed by atoms with van der Waals surface area (Å²) in [6.07, 6.45) is 3.79. The number of nitrogens with zero attached hydrogens (tertiary/aromatic N) is 2. The largest absolute Gasteiger partial charge is 0.466 e. The van der Waals surface area contributed by atoms with Gasteiger partial charge in [0.15, 0.2) is 6.61 Å². The molecule has 8 heteroatoms. The summed E-state index contributed by atoms with van der Waals surface area (Å²) in [5, 5.41) is 13.0. The van der Waals surface area contributed by atoms with E-state index in [1.807, 2.05) is 5.48 Å². The summed E-state index contributed by atoms with van der Waals surface area (Å²) in [6, 6.07) is 0.377. The van der Waals surface area contributed by atoms with Crippen molar-refractivity contribution >= 4 is 11.7 Å². The summed E-state index contributed by atoms with van der Waals surface area (Å²) >= 11 is 0. The molecule has 17 heavy (non-hydrogen) atoms. The lowest BCUT2D eigenvalue weighted by Crippen LogP contribution is -2.13. The summed E-state index contributed by atoms with van der Waals surface area (Å²) < 4.78 is 11.3. The number of methoxy groups -OCH3 is 1. The molecule has 8 nitrogen and oxygen atoms in total. The van der Waals surface area contributed by atoms with E-state index < -0.39 is 5.97 Å². The maximum atomic E-state index is 10.9. The van der Waals surface area contributed by atoms with Crippen LogP contribution in [0.1, 0.15) is 18.9 Å². The first-order valence-electron chi connectivity index (χ1n) is 4.93. The van der Waals surface area contributed by atoms with Gasteiger partial charge in [-0.1, -0.05) is 0 Å². The normalized spacial score (nSPS) is 13.8. The van der Waals surface area contributed by atoms with Gasteiger partial charge in [-0.2, -0.15) is 0 Å². The molecule has 0 aliphatic heterocycles. The fourth-order valence-electron chi connectivity index (χ4n) is 1.27. The zero-order chi connectivity index (χ0) is 11.5. The Kier molecular flexibility index (Phi) is 4.30. The lowest BCUT2D eigenvalue weighted by Gasteiger charge is -2.02. The smallest absolute Gasteiger partial charge is 0.343 e. The topological polar surface area (TPSA) is 117 Å². The zero-order valence-corrected chi connectivity index (χ0v) is 9.34. The number of ether oxygens (including phenoxy) is 2. The maximum absolute atomic E-state index is 10.9. The van der Waals surface area contributed by atoms with Crippen LogP contribution in [0, 0.1) is 0 Å². The van der Waals surface area contributed by atoms with Gasteiger partial charge < -0.3 is 14.9 Å². The van der Waals surface area contributed by atoms with E-state index in [9.17, 15) is 4.79 Å². The average Bonchev–Trinajstić information content (AvgIpc) is 3.07. The third-order valence-corrected chi connectivity index (χ3v) is 2.29. The van der Waals surface area contributed by atoms with Crippen LogP contribution in [-0.2, 0) is 9.53 Å². The van der Waals surface area contributed by atoms with Crippen molar-refractivity contribution in [3.05, 3.63) is 6.20 Å². The number of carbonyl (C=O) groups is 1. The van der Waals surface area contributed by atoms with Crippen LogP contribution in [0.5, 0.6) is 5.88 Å². The predicted octanol–water partition coefficient (Wildman–Crippen LogP) is -0.254.